The van der Waals surface area contributed by atoms with Crippen LogP contribution < -0.4 is 5.73 Å². The third-order valence-electron chi connectivity index (χ3n) is 2.03. The lowest BCUT2D eigenvalue weighted by molar-refractivity contribution is 0.368. The predicted molar refractivity (Wildman–Crippen MR) is 38.9 cm³/mol. The molecular weight excluding hydrogens is 150 g/mol. The van der Waals surface area contributed by atoms with Crippen LogP contribution in [0.5, 0.6) is 0 Å². The predicted octanol–water partition coefficient (Wildman–Crippen LogP) is 0.485. The summed E-state index contributed by atoms with van der Waals surface area (Å²) in [5.41, 5.74) is 5.59. The summed E-state index contributed by atoms with van der Waals surface area (Å²) >= 11 is -2.09. The summed E-state index contributed by atoms with van der Waals surface area (Å²) in [6.07, 6.45) is 4.28. The zero-order valence-corrected chi connectivity index (χ0v) is 6.65. The molecule has 0 aromatic heterocycles. The highest BCUT2D eigenvalue weighted by atomic mass is 32.2. The average molecular weight is 162 g/mol. The first kappa shape index (κ1) is 8.17. The second kappa shape index (κ2) is 2.98. The minimum Gasteiger partial charge on any atom is -0.771 e. The highest BCUT2D eigenvalue weighted by Crippen LogP contribution is 2.27. The fourth-order valence-electron chi connectivity index (χ4n) is 1.32. The van der Waals surface area contributed by atoms with Crippen LogP contribution in [-0.2, 0) is 11.1 Å². The van der Waals surface area contributed by atoms with Gasteiger partial charge in [-0.2, -0.15) is 0 Å². The number of nitrogens with two attached hydrogens (primary N) is 1. The van der Waals surface area contributed by atoms with Crippen molar-refractivity contribution >= 4 is 11.1 Å². The monoisotopic (exact) mass is 162 g/mol. The van der Waals surface area contributed by atoms with Crippen molar-refractivity contribution in [2.75, 3.05) is 0 Å². The molecule has 0 amide bonds. The molecule has 4 heteroatoms. The molecule has 0 radical (unpaired) electrons. The van der Waals surface area contributed by atoms with Gasteiger partial charge in [0.25, 0.3) is 0 Å². The summed E-state index contributed by atoms with van der Waals surface area (Å²) < 4.78 is 21.1. The summed E-state index contributed by atoms with van der Waals surface area (Å²) in [4.78, 5) is -0.905. The SMILES string of the molecule is NC1(S(=O)[O-])CCCCC1. The van der Waals surface area contributed by atoms with Crippen molar-refractivity contribution in [3.8, 4) is 0 Å². The van der Waals surface area contributed by atoms with Gasteiger partial charge >= 0.3 is 0 Å². The van der Waals surface area contributed by atoms with E-state index >= 15 is 0 Å². The Balaban J connectivity index is 2.56. The van der Waals surface area contributed by atoms with Gasteiger partial charge in [0.15, 0.2) is 0 Å². The molecule has 0 spiro atoms. The van der Waals surface area contributed by atoms with Gasteiger partial charge in [-0.05, 0) is 23.9 Å². The maximum atomic E-state index is 10.6. The lowest BCUT2D eigenvalue weighted by atomic mass is 9.96. The lowest BCUT2D eigenvalue weighted by Gasteiger charge is -2.34. The van der Waals surface area contributed by atoms with Crippen LogP contribution >= 0.6 is 0 Å². The molecule has 1 aliphatic carbocycles. The van der Waals surface area contributed by atoms with Gasteiger partial charge in [0.05, 0.1) is 4.87 Å². The minimum atomic E-state index is -2.09. The summed E-state index contributed by atoms with van der Waals surface area (Å²) in [7, 11) is 0. The van der Waals surface area contributed by atoms with E-state index in [1.54, 1.807) is 0 Å². The zero-order valence-electron chi connectivity index (χ0n) is 5.84. The first-order valence-electron chi connectivity index (χ1n) is 3.53. The molecular formula is C6H12NO2S-. The second-order valence-electron chi connectivity index (χ2n) is 2.86. The number of rotatable bonds is 1. The Kier molecular flexibility index (Phi) is 2.44. The van der Waals surface area contributed by atoms with E-state index in [1.807, 2.05) is 0 Å². The van der Waals surface area contributed by atoms with E-state index in [4.69, 9.17) is 5.73 Å². The van der Waals surface area contributed by atoms with Gasteiger partial charge in [-0.25, -0.2) is 0 Å². The van der Waals surface area contributed by atoms with Crippen molar-refractivity contribution in [2.45, 2.75) is 37.0 Å². The van der Waals surface area contributed by atoms with Crippen LogP contribution in [0, 0.1) is 0 Å². The fourth-order valence-corrected chi connectivity index (χ4v) is 1.94. The third kappa shape index (κ3) is 1.56. The van der Waals surface area contributed by atoms with Crippen LogP contribution in [0.15, 0.2) is 0 Å². The first-order valence-corrected chi connectivity index (χ1v) is 4.61. The quantitative estimate of drug-likeness (QED) is 0.570. The van der Waals surface area contributed by atoms with Crippen molar-refractivity contribution in [1.29, 1.82) is 0 Å². The fraction of sp³-hybridized carbons (Fsp3) is 1.00. The molecule has 1 atom stereocenters. The van der Waals surface area contributed by atoms with Crippen LogP contribution in [0.2, 0.25) is 0 Å². The van der Waals surface area contributed by atoms with Crippen LogP contribution in [0.3, 0.4) is 0 Å². The Morgan fingerprint density at radius 2 is 1.80 bits per heavy atom. The molecule has 0 aromatic rings. The lowest BCUT2D eigenvalue weighted by Crippen LogP contribution is -2.45. The maximum Gasteiger partial charge on any atom is 0.0788 e. The summed E-state index contributed by atoms with van der Waals surface area (Å²) in [5, 5.41) is 0. The third-order valence-corrected chi connectivity index (χ3v) is 3.10. The van der Waals surface area contributed by atoms with Gasteiger partial charge in [-0.1, -0.05) is 19.3 Å². The molecule has 0 aliphatic heterocycles. The summed E-state index contributed by atoms with van der Waals surface area (Å²) in [6.45, 7) is 0. The molecule has 60 valence electrons. The molecule has 2 N–H and O–H groups in total. The highest BCUT2D eigenvalue weighted by Gasteiger charge is 2.27. The molecule has 0 heterocycles. The van der Waals surface area contributed by atoms with Crippen molar-refractivity contribution in [2.24, 2.45) is 5.73 Å². The Labute approximate surface area is 63.3 Å². The van der Waals surface area contributed by atoms with Gasteiger partial charge in [0.1, 0.15) is 0 Å². The van der Waals surface area contributed by atoms with E-state index in [0.717, 1.165) is 19.3 Å². The Hall–Kier alpha value is 0.0700. The summed E-state index contributed by atoms with van der Waals surface area (Å²) in [5.74, 6) is 0. The van der Waals surface area contributed by atoms with Crippen molar-refractivity contribution < 1.29 is 8.76 Å². The van der Waals surface area contributed by atoms with Gasteiger partial charge in [-0.3, -0.25) is 4.21 Å². The Morgan fingerprint density at radius 3 is 2.10 bits per heavy atom. The Bertz CT molecular complexity index is 143. The van der Waals surface area contributed by atoms with Crippen molar-refractivity contribution in [1.82, 2.24) is 0 Å². The number of hydrogen-bond donors (Lipinski definition) is 1. The largest absolute Gasteiger partial charge is 0.771 e. The molecule has 0 saturated heterocycles. The van der Waals surface area contributed by atoms with E-state index < -0.39 is 16.0 Å². The molecule has 1 saturated carbocycles. The van der Waals surface area contributed by atoms with E-state index in [2.05, 4.69) is 0 Å². The van der Waals surface area contributed by atoms with E-state index in [0.29, 0.717) is 12.8 Å². The first-order chi connectivity index (χ1) is 4.65. The molecule has 1 fully saturated rings. The van der Waals surface area contributed by atoms with Crippen molar-refractivity contribution in [3.05, 3.63) is 0 Å². The molecule has 1 rings (SSSR count). The van der Waals surface area contributed by atoms with E-state index in [9.17, 15) is 8.76 Å². The molecule has 1 aliphatic rings. The molecule has 1 unspecified atom stereocenters. The van der Waals surface area contributed by atoms with Crippen LogP contribution in [0.1, 0.15) is 32.1 Å². The maximum absolute atomic E-state index is 10.6. The molecule has 10 heavy (non-hydrogen) atoms. The van der Waals surface area contributed by atoms with Gasteiger partial charge in [-0.15, -0.1) is 0 Å². The zero-order chi connectivity index (χ0) is 7.61. The van der Waals surface area contributed by atoms with Crippen LogP contribution in [0.4, 0.5) is 0 Å². The van der Waals surface area contributed by atoms with E-state index in [1.165, 1.54) is 0 Å². The second-order valence-corrected chi connectivity index (χ2v) is 4.14. The molecule has 0 aromatic carbocycles. The molecule has 0 bridgehead atoms. The van der Waals surface area contributed by atoms with Crippen LogP contribution in [0.25, 0.3) is 0 Å². The number of hydrogen-bond acceptors (Lipinski definition) is 3. The minimum absolute atomic E-state index is 0.628. The van der Waals surface area contributed by atoms with E-state index in [-0.39, 0.29) is 0 Å². The standard InChI is InChI=1S/C6H13NO2S/c7-6(10(8)9)4-2-1-3-5-6/h1-5,7H2,(H,8,9)/p-1. The van der Waals surface area contributed by atoms with Crippen molar-refractivity contribution in [3.63, 3.8) is 0 Å². The highest BCUT2D eigenvalue weighted by molar-refractivity contribution is 7.80. The normalized spacial score (nSPS) is 27.8. The van der Waals surface area contributed by atoms with Gasteiger partial charge in [0, 0.05) is 0 Å². The topological polar surface area (TPSA) is 66.2 Å². The summed E-state index contributed by atoms with van der Waals surface area (Å²) in [6, 6.07) is 0. The Morgan fingerprint density at radius 1 is 1.30 bits per heavy atom. The van der Waals surface area contributed by atoms with Gasteiger partial charge in [0.2, 0.25) is 0 Å². The smallest absolute Gasteiger partial charge is 0.0788 e. The van der Waals surface area contributed by atoms with Crippen LogP contribution in [-0.4, -0.2) is 13.6 Å². The molecule has 3 nitrogen and oxygen atoms in total. The average Bonchev–Trinajstić information content (AvgIpc) is 1.89. The van der Waals surface area contributed by atoms with Gasteiger partial charge < -0.3 is 10.3 Å².